The Labute approximate surface area is 209 Å². The van der Waals surface area contributed by atoms with Gasteiger partial charge in [0.2, 0.25) is 5.89 Å². The maximum atomic E-state index is 12.7. The molecular weight excluding hydrogens is 464 g/mol. The number of carbonyl (C=O) groups excluding carboxylic acids is 2. The molecule has 0 aromatic carbocycles. The van der Waals surface area contributed by atoms with Crippen molar-refractivity contribution in [3.8, 4) is 11.5 Å². The second-order valence-corrected chi connectivity index (χ2v) is 9.24. The third kappa shape index (κ3) is 5.19. The molecule has 0 radical (unpaired) electrons. The number of oxazole rings is 1. The van der Waals surface area contributed by atoms with Crippen LogP contribution in [-0.2, 0) is 16.1 Å². The SMILES string of the molecule is CCn1ncc2c(NC3CCOC(=O)C3)c(-c3nc(C(=O)NCCN4CCN(C)CC4)co3)cnc21. The van der Waals surface area contributed by atoms with Crippen molar-refractivity contribution in [2.75, 3.05) is 58.2 Å². The topological polar surface area (TPSA) is 131 Å². The lowest BCUT2D eigenvalue weighted by molar-refractivity contribution is -0.147. The number of amides is 1. The summed E-state index contributed by atoms with van der Waals surface area (Å²) in [6, 6.07) is -0.104. The zero-order valence-corrected chi connectivity index (χ0v) is 20.7. The van der Waals surface area contributed by atoms with Crippen LogP contribution in [0, 0.1) is 0 Å². The molecule has 36 heavy (non-hydrogen) atoms. The number of pyridine rings is 1. The van der Waals surface area contributed by atoms with Gasteiger partial charge in [-0.15, -0.1) is 0 Å². The average Bonchev–Trinajstić information content (AvgIpc) is 3.53. The van der Waals surface area contributed by atoms with E-state index in [1.54, 1.807) is 17.1 Å². The van der Waals surface area contributed by atoms with Crippen LogP contribution < -0.4 is 10.6 Å². The van der Waals surface area contributed by atoms with E-state index >= 15 is 0 Å². The van der Waals surface area contributed by atoms with E-state index in [1.807, 2.05) is 6.92 Å². The first kappa shape index (κ1) is 24.2. The van der Waals surface area contributed by atoms with E-state index in [1.165, 1.54) is 6.26 Å². The van der Waals surface area contributed by atoms with Crippen LogP contribution in [0.4, 0.5) is 5.69 Å². The predicted molar refractivity (Wildman–Crippen MR) is 133 cm³/mol. The molecule has 3 aromatic heterocycles. The van der Waals surface area contributed by atoms with E-state index < -0.39 is 0 Å². The summed E-state index contributed by atoms with van der Waals surface area (Å²) in [5.41, 5.74) is 2.26. The fourth-order valence-electron chi connectivity index (χ4n) is 4.57. The maximum Gasteiger partial charge on any atom is 0.307 e. The Hall–Kier alpha value is -3.51. The zero-order chi connectivity index (χ0) is 25.1. The lowest BCUT2D eigenvalue weighted by Crippen LogP contribution is -2.46. The van der Waals surface area contributed by atoms with Crippen molar-refractivity contribution >= 4 is 28.6 Å². The molecule has 12 heteroatoms. The van der Waals surface area contributed by atoms with E-state index in [0.29, 0.717) is 31.7 Å². The number of likely N-dealkylation sites (N-methyl/N-ethyl adjacent to an activating group) is 1. The second-order valence-electron chi connectivity index (χ2n) is 9.24. The highest BCUT2D eigenvalue weighted by Gasteiger charge is 2.25. The molecule has 5 heterocycles. The smallest absolute Gasteiger partial charge is 0.307 e. The van der Waals surface area contributed by atoms with Crippen LogP contribution in [0.25, 0.3) is 22.5 Å². The van der Waals surface area contributed by atoms with Crippen LogP contribution in [0.5, 0.6) is 0 Å². The molecule has 1 unspecified atom stereocenters. The van der Waals surface area contributed by atoms with E-state index in [-0.39, 0.29) is 35.9 Å². The fraction of sp³-hybridized carbons (Fsp3) is 0.542. The van der Waals surface area contributed by atoms with Crippen molar-refractivity contribution in [2.45, 2.75) is 32.4 Å². The van der Waals surface area contributed by atoms with Crippen molar-refractivity contribution in [2.24, 2.45) is 0 Å². The van der Waals surface area contributed by atoms with Gasteiger partial charge >= 0.3 is 5.97 Å². The zero-order valence-electron chi connectivity index (χ0n) is 20.7. The molecule has 1 atom stereocenters. The van der Waals surface area contributed by atoms with Gasteiger partial charge < -0.3 is 24.7 Å². The number of esters is 1. The molecule has 12 nitrogen and oxygen atoms in total. The van der Waals surface area contributed by atoms with Crippen LogP contribution in [0.1, 0.15) is 30.3 Å². The Kier molecular flexibility index (Phi) is 7.14. The van der Waals surface area contributed by atoms with Crippen molar-refractivity contribution in [1.82, 2.24) is 34.9 Å². The van der Waals surface area contributed by atoms with Crippen LogP contribution in [0.2, 0.25) is 0 Å². The second kappa shape index (κ2) is 10.6. The standard InChI is InChI=1S/C24H32N8O4/c1-3-32-22-17(14-27-32)21(28-16-4-11-35-20(33)12-16)18(13-26-22)24-29-19(15-36-24)23(34)25-5-6-31-9-7-30(2)8-10-31/h13-16H,3-12H2,1-2H3,(H,25,34)(H,26,28). The van der Waals surface area contributed by atoms with E-state index in [2.05, 4.69) is 42.5 Å². The Morgan fingerprint density at radius 1 is 1.22 bits per heavy atom. The lowest BCUT2D eigenvalue weighted by atomic mass is 10.1. The number of anilines is 1. The van der Waals surface area contributed by atoms with Crippen molar-refractivity contribution < 1.29 is 18.7 Å². The number of fused-ring (bicyclic) bond motifs is 1. The predicted octanol–water partition coefficient (Wildman–Crippen LogP) is 1.20. The maximum absolute atomic E-state index is 12.7. The van der Waals surface area contributed by atoms with E-state index in [9.17, 15) is 9.59 Å². The van der Waals surface area contributed by atoms with Gasteiger partial charge in [0, 0.05) is 64.5 Å². The number of carbonyl (C=O) groups is 2. The normalized spacial score (nSPS) is 19.4. The van der Waals surface area contributed by atoms with E-state index in [0.717, 1.165) is 49.4 Å². The van der Waals surface area contributed by atoms with Gasteiger partial charge in [-0.25, -0.2) is 14.6 Å². The first-order valence-corrected chi connectivity index (χ1v) is 12.4. The number of nitrogens with zero attached hydrogens (tertiary/aromatic N) is 6. The molecule has 2 saturated heterocycles. The molecule has 0 aliphatic carbocycles. The number of rotatable bonds is 8. The monoisotopic (exact) mass is 496 g/mol. The van der Waals surface area contributed by atoms with Gasteiger partial charge in [0.15, 0.2) is 11.3 Å². The van der Waals surface area contributed by atoms with Crippen LogP contribution in [0.3, 0.4) is 0 Å². The van der Waals surface area contributed by atoms with Gasteiger partial charge in [-0.2, -0.15) is 5.10 Å². The van der Waals surface area contributed by atoms with Gasteiger partial charge in [-0.05, 0) is 14.0 Å². The van der Waals surface area contributed by atoms with Gasteiger partial charge in [0.05, 0.1) is 35.9 Å². The minimum Gasteiger partial charge on any atom is -0.466 e. The number of cyclic esters (lactones) is 1. The molecule has 0 spiro atoms. The number of nitrogens with one attached hydrogen (secondary N) is 2. The van der Waals surface area contributed by atoms with E-state index in [4.69, 9.17) is 9.15 Å². The Morgan fingerprint density at radius 2 is 2.06 bits per heavy atom. The number of hydrogen-bond acceptors (Lipinski definition) is 10. The summed E-state index contributed by atoms with van der Waals surface area (Å²) in [6.07, 6.45) is 5.72. The first-order valence-electron chi connectivity index (χ1n) is 12.4. The van der Waals surface area contributed by atoms with Gasteiger partial charge in [-0.3, -0.25) is 14.5 Å². The summed E-state index contributed by atoms with van der Waals surface area (Å²) in [6.45, 7) is 8.44. The summed E-state index contributed by atoms with van der Waals surface area (Å²) in [5.74, 6) is -0.239. The average molecular weight is 497 g/mol. The molecule has 0 saturated carbocycles. The lowest BCUT2D eigenvalue weighted by Gasteiger charge is -2.32. The Balaban J connectivity index is 1.33. The molecule has 5 rings (SSSR count). The molecule has 2 aliphatic rings. The van der Waals surface area contributed by atoms with Gasteiger partial charge in [-0.1, -0.05) is 0 Å². The Bertz CT molecular complexity index is 1230. The van der Waals surface area contributed by atoms with Gasteiger partial charge in [0.25, 0.3) is 5.91 Å². The van der Waals surface area contributed by atoms with Gasteiger partial charge in [0.1, 0.15) is 6.26 Å². The number of ether oxygens (including phenoxy) is 1. The first-order chi connectivity index (χ1) is 17.5. The van der Waals surface area contributed by atoms with Crippen molar-refractivity contribution in [3.63, 3.8) is 0 Å². The molecular formula is C24H32N8O4. The number of aromatic nitrogens is 4. The molecule has 192 valence electrons. The third-order valence-electron chi connectivity index (χ3n) is 6.73. The molecule has 1 amide bonds. The quantitative estimate of drug-likeness (QED) is 0.439. The minimum absolute atomic E-state index is 0.104. The summed E-state index contributed by atoms with van der Waals surface area (Å²) >= 11 is 0. The molecule has 0 bridgehead atoms. The highest BCUT2D eigenvalue weighted by Crippen LogP contribution is 2.34. The highest BCUT2D eigenvalue weighted by molar-refractivity contribution is 5.97. The largest absolute Gasteiger partial charge is 0.466 e. The molecule has 3 aromatic rings. The summed E-state index contributed by atoms with van der Waals surface area (Å²) in [5, 5.41) is 11.6. The molecule has 2 aliphatic heterocycles. The molecule has 2 fully saturated rings. The number of hydrogen-bond donors (Lipinski definition) is 2. The summed E-state index contributed by atoms with van der Waals surface area (Å²) in [7, 11) is 2.12. The third-order valence-corrected chi connectivity index (χ3v) is 6.73. The highest BCUT2D eigenvalue weighted by atomic mass is 16.5. The summed E-state index contributed by atoms with van der Waals surface area (Å²) in [4.78, 5) is 38.2. The van der Waals surface area contributed by atoms with Crippen LogP contribution in [0.15, 0.2) is 23.1 Å². The summed E-state index contributed by atoms with van der Waals surface area (Å²) < 4.78 is 12.6. The van der Waals surface area contributed by atoms with Crippen molar-refractivity contribution in [1.29, 1.82) is 0 Å². The molecule has 2 N–H and O–H groups in total. The number of piperazine rings is 1. The Morgan fingerprint density at radius 3 is 2.83 bits per heavy atom. The van der Waals surface area contributed by atoms with Crippen molar-refractivity contribution in [3.05, 3.63) is 24.4 Å². The minimum atomic E-state index is -0.281. The number of aryl methyl sites for hydroxylation is 1. The van der Waals surface area contributed by atoms with Crippen LogP contribution >= 0.6 is 0 Å². The van der Waals surface area contributed by atoms with Crippen LogP contribution in [-0.4, -0.2) is 100 Å². The fourth-order valence-corrected chi connectivity index (χ4v) is 4.57.